The summed E-state index contributed by atoms with van der Waals surface area (Å²) in [5, 5.41) is 11.0. The number of aromatic nitrogens is 3. The fourth-order valence-electron chi connectivity index (χ4n) is 3.37. The Morgan fingerprint density at radius 2 is 2.16 bits per heavy atom. The van der Waals surface area contributed by atoms with Gasteiger partial charge in [0.1, 0.15) is 12.1 Å². The van der Waals surface area contributed by atoms with Gasteiger partial charge in [0, 0.05) is 19.6 Å². The number of hydrogen-bond acceptors (Lipinski definition) is 4. The summed E-state index contributed by atoms with van der Waals surface area (Å²) in [5.41, 5.74) is 1.21. The highest BCUT2D eigenvalue weighted by Gasteiger charge is 2.30. The average Bonchev–Trinajstić information content (AvgIpc) is 3.24. The number of likely N-dealkylation sites (tertiary alicyclic amines) is 1. The lowest BCUT2D eigenvalue weighted by molar-refractivity contribution is 0.188. The molecule has 1 fully saturated rings. The number of benzene rings is 1. The molecule has 2 heterocycles. The Morgan fingerprint density at radius 1 is 1.40 bits per heavy atom. The molecule has 3 rings (SSSR count). The van der Waals surface area contributed by atoms with Crippen molar-refractivity contribution in [2.45, 2.75) is 38.3 Å². The van der Waals surface area contributed by atoms with Crippen LogP contribution >= 0.6 is 0 Å². The maximum absolute atomic E-state index is 12.7. The molecule has 2 aromatic rings. The second-order valence-corrected chi connectivity index (χ2v) is 6.51. The molecule has 0 spiro atoms. The van der Waals surface area contributed by atoms with Crippen LogP contribution in [0.2, 0.25) is 0 Å². The summed E-state index contributed by atoms with van der Waals surface area (Å²) in [5.74, 6) is 1.60. The van der Waals surface area contributed by atoms with E-state index in [0.29, 0.717) is 0 Å². The van der Waals surface area contributed by atoms with E-state index in [4.69, 9.17) is 4.74 Å². The monoisotopic (exact) mass is 343 g/mol. The third kappa shape index (κ3) is 3.92. The number of amides is 2. The Morgan fingerprint density at radius 3 is 2.80 bits per heavy atom. The quantitative estimate of drug-likeness (QED) is 0.904. The van der Waals surface area contributed by atoms with Crippen molar-refractivity contribution in [3.05, 3.63) is 42.0 Å². The van der Waals surface area contributed by atoms with Crippen molar-refractivity contribution in [3.8, 4) is 5.75 Å². The van der Waals surface area contributed by atoms with E-state index in [9.17, 15) is 4.79 Å². The van der Waals surface area contributed by atoms with Crippen molar-refractivity contribution in [3.63, 3.8) is 0 Å². The summed E-state index contributed by atoms with van der Waals surface area (Å²) >= 11 is 0. The van der Waals surface area contributed by atoms with E-state index in [2.05, 4.69) is 27.6 Å². The molecule has 134 valence electrons. The summed E-state index contributed by atoms with van der Waals surface area (Å²) in [7, 11) is 3.54. The third-order valence-electron chi connectivity index (χ3n) is 4.74. The maximum atomic E-state index is 12.7. The van der Waals surface area contributed by atoms with Gasteiger partial charge >= 0.3 is 6.03 Å². The number of rotatable bonds is 5. The van der Waals surface area contributed by atoms with Crippen LogP contribution in [-0.2, 0) is 13.5 Å². The SMILES string of the molecule is COc1ccc(CC2CCCN2C(=O)NC(C)c2nncn2C)cc1. The number of aryl methyl sites for hydroxylation is 1. The highest BCUT2D eigenvalue weighted by molar-refractivity contribution is 5.75. The zero-order chi connectivity index (χ0) is 17.8. The molecule has 2 unspecified atom stereocenters. The molecule has 2 atom stereocenters. The average molecular weight is 343 g/mol. The largest absolute Gasteiger partial charge is 0.497 e. The van der Waals surface area contributed by atoms with Crippen LogP contribution in [0, 0.1) is 0 Å². The molecule has 7 heteroatoms. The third-order valence-corrected chi connectivity index (χ3v) is 4.74. The molecule has 2 amide bonds. The maximum Gasteiger partial charge on any atom is 0.318 e. The van der Waals surface area contributed by atoms with Gasteiger partial charge in [-0.1, -0.05) is 12.1 Å². The number of nitrogens with one attached hydrogen (secondary N) is 1. The van der Waals surface area contributed by atoms with Crippen molar-refractivity contribution in [2.24, 2.45) is 7.05 Å². The van der Waals surface area contributed by atoms with Crippen LogP contribution in [0.3, 0.4) is 0 Å². The number of carbonyl (C=O) groups is 1. The smallest absolute Gasteiger partial charge is 0.318 e. The Balaban J connectivity index is 1.62. The number of urea groups is 1. The predicted octanol–water partition coefficient (Wildman–Crippen LogP) is 2.30. The van der Waals surface area contributed by atoms with Crippen LogP contribution in [0.15, 0.2) is 30.6 Å². The molecule has 1 aliphatic heterocycles. The summed E-state index contributed by atoms with van der Waals surface area (Å²) < 4.78 is 7.02. The van der Waals surface area contributed by atoms with Crippen LogP contribution < -0.4 is 10.1 Å². The van der Waals surface area contributed by atoms with Crippen molar-refractivity contribution in [1.82, 2.24) is 25.0 Å². The van der Waals surface area contributed by atoms with Gasteiger partial charge in [0.15, 0.2) is 5.82 Å². The van der Waals surface area contributed by atoms with E-state index in [1.165, 1.54) is 5.56 Å². The molecule has 0 radical (unpaired) electrons. The van der Waals surface area contributed by atoms with Crippen LogP contribution in [0.5, 0.6) is 5.75 Å². The van der Waals surface area contributed by atoms with Crippen molar-refractivity contribution in [2.75, 3.05) is 13.7 Å². The minimum absolute atomic E-state index is 0.0356. The first kappa shape index (κ1) is 17.3. The molecule has 0 bridgehead atoms. The lowest BCUT2D eigenvalue weighted by atomic mass is 10.0. The second-order valence-electron chi connectivity index (χ2n) is 6.51. The zero-order valence-electron chi connectivity index (χ0n) is 15.0. The van der Waals surface area contributed by atoms with E-state index in [-0.39, 0.29) is 18.1 Å². The summed E-state index contributed by atoms with van der Waals surface area (Å²) in [6.07, 6.45) is 4.56. The van der Waals surface area contributed by atoms with Gasteiger partial charge in [0.05, 0.1) is 13.2 Å². The molecule has 0 aliphatic carbocycles. The molecule has 7 nitrogen and oxygen atoms in total. The number of carbonyl (C=O) groups excluding carboxylic acids is 1. The molecule has 1 N–H and O–H groups in total. The predicted molar refractivity (Wildman–Crippen MR) is 94.4 cm³/mol. The Bertz CT molecular complexity index is 713. The molecule has 1 saturated heterocycles. The first-order valence-electron chi connectivity index (χ1n) is 8.62. The lowest BCUT2D eigenvalue weighted by Crippen LogP contribution is -2.44. The molecule has 1 aromatic heterocycles. The fourth-order valence-corrected chi connectivity index (χ4v) is 3.37. The highest BCUT2D eigenvalue weighted by atomic mass is 16.5. The van der Waals surface area contributed by atoms with Gasteiger partial charge in [-0.2, -0.15) is 0 Å². The van der Waals surface area contributed by atoms with E-state index >= 15 is 0 Å². The Kier molecular flexibility index (Phi) is 5.21. The molecule has 1 aliphatic rings. The fraction of sp³-hybridized carbons (Fsp3) is 0.500. The van der Waals surface area contributed by atoms with E-state index in [1.807, 2.05) is 35.6 Å². The topological polar surface area (TPSA) is 72.3 Å². The second kappa shape index (κ2) is 7.55. The van der Waals surface area contributed by atoms with Gasteiger partial charge in [0.2, 0.25) is 0 Å². The summed E-state index contributed by atoms with van der Waals surface area (Å²) in [6.45, 7) is 2.72. The normalized spacial score (nSPS) is 18.2. The minimum Gasteiger partial charge on any atom is -0.497 e. The van der Waals surface area contributed by atoms with Crippen LogP contribution in [-0.4, -0.2) is 45.4 Å². The number of ether oxygens (including phenoxy) is 1. The first-order chi connectivity index (χ1) is 12.1. The minimum atomic E-state index is -0.178. The molecular formula is C18H25N5O2. The van der Waals surface area contributed by atoms with Crippen molar-refractivity contribution in [1.29, 1.82) is 0 Å². The standard InChI is InChI=1S/C18H25N5O2/c1-13(17-21-19-12-22(17)2)20-18(24)23-10-4-5-15(23)11-14-6-8-16(25-3)9-7-14/h6-9,12-13,15H,4-5,10-11H2,1-3H3,(H,20,24). The molecular weight excluding hydrogens is 318 g/mol. The molecule has 25 heavy (non-hydrogen) atoms. The molecule has 1 aromatic carbocycles. The highest BCUT2D eigenvalue weighted by Crippen LogP contribution is 2.23. The van der Waals surface area contributed by atoms with E-state index in [1.54, 1.807) is 13.4 Å². The van der Waals surface area contributed by atoms with E-state index in [0.717, 1.165) is 37.4 Å². The molecule has 0 saturated carbocycles. The van der Waals surface area contributed by atoms with E-state index < -0.39 is 0 Å². The summed E-state index contributed by atoms with van der Waals surface area (Å²) in [6, 6.07) is 8.06. The first-order valence-corrected chi connectivity index (χ1v) is 8.62. The van der Waals surface area contributed by atoms with Crippen LogP contribution in [0.25, 0.3) is 0 Å². The van der Waals surface area contributed by atoms with Crippen molar-refractivity contribution >= 4 is 6.03 Å². The van der Waals surface area contributed by atoms with Gasteiger partial charge in [-0.15, -0.1) is 10.2 Å². The van der Waals surface area contributed by atoms with Gasteiger partial charge in [-0.3, -0.25) is 0 Å². The van der Waals surface area contributed by atoms with Crippen LogP contribution in [0.1, 0.15) is 37.2 Å². The zero-order valence-corrected chi connectivity index (χ0v) is 15.0. The van der Waals surface area contributed by atoms with Gasteiger partial charge in [-0.25, -0.2) is 4.79 Å². The summed E-state index contributed by atoms with van der Waals surface area (Å²) in [4.78, 5) is 14.6. The number of hydrogen-bond donors (Lipinski definition) is 1. The van der Waals surface area contributed by atoms with Gasteiger partial charge < -0.3 is 19.5 Å². The Labute approximate surface area is 148 Å². The Hall–Kier alpha value is -2.57. The van der Waals surface area contributed by atoms with Gasteiger partial charge in [-0.05, 0) is 43.9 Å². The van der Waals surface area contributed by atoms with Crippen LogP contribution in [0.4, 0.5) is 4.79 Å². The lowest BCUT2D eigenvalue weighted by Gasteiger charge is -2.26. The van der Waals surface area contributed by atoms with Crippen molar-refractivity contribution < 1.29 is 9.53 Å². The number of nitrogens with zero attached hydrogens (tertiary/aromatic N) is 4. The van der Waals surface area contributed by atoms with Gasteiger partial charge in [0.25, 0.3) is 0 Å². The number of methoxy groups -OCH3 is 1.